The number of carbonyl (C=O) groups is 1. The summed E-state index contributed by atoms with van der Waals surface area (Å²) >= 11 is 0. The van der Waals surface area contributed by atoms with Crippen molar-refractivity contribution in [1.29, 1.82) is 0 Å². The number of amides is 1. The zero-order valence-corrected chi connectivity index (χ0v) is 11.0. The van der Waals surface area contributed by atoms with Crippen LogP contribution in [0.25, 0.3) is 0 Å². The fraction of sp³-hybridized carbons (Fsp3) is 0.615. The predicted octanol–water partition coefficient (Wildman–Crippen LogP) is 0.984. The highest BCUT2D eigenvalue weighted by Gasteiger charge is 2.26. The second-order valence-corrected chi connectivity index (χ2v) is 5.03. The van der Waals surface area contributed by atoms with Crippen LogP contribution in [-0.4, -0.2) is 39.9 Å². The summed E-state index contributed by atoms with van der Waals surface area (Å²) < 4.78 is 0. The van der Waals surface area contributed by atoms with Gasteiger partial charge in [-0.05, 0) is 32.6 Å². The molecule has 1 fully saturated rings. The molecule has 2 N–H and O–H groups in total. The lowest BCUT2D eigenvalue weighted by Crippen LogP contribution is -2.42. The summed E-state index contributed by atoms with van der Waals surface area (Å²) in [6.07, 6.45) is 5.13. The summed E-state index contributed by atoms with van der Waals surface area (Å²) in [5.74, 6) is 0.503. The first kappa shape index (κ1) is 13.0. The smallest absolute Gasteiger partial charge is 0.274 e. The Morgan fingerprint density at radius 2 is 2.06 bits per heavy atom. The molecule has 2 heterocycles. The SMILES string of the molecule is Cc1cnc(C(=O)N2CCC(C(C)N)CC2)cn1. The number of nitrogens with two attached hydrogens (primary N) is 1. The molecule has 5 heteroatoms. The molecule has 1 atom stereocenters. The number of likely N-dealkylation sites (tertiary alicyclic amines) is 1. The van der Waals surface area contributed by atoms with Crippen LogP contribution in [-0.2, 0) is 0 Å². The molecule has 1 unspecified atom stereocenters. The van der Waals surface area contributed by atoms with E-state index < -0.39 is 0 Å². The standard InChI is InChI=1S/C13H20N4O/c1-9-7-16-12(8-15-9)13(18)17-5-3-11(4-6-17)10(2)14/h7-8,10-11H,3-6,14H2,1-2H3. The van der Waals surface area contributed by atoms with E-state index in [-0.39, 0.29) is 11.9 Å². The highest BCUT2D eigenvalue weighted by molar-refractivity contribution is 5.92. The lowest BCUT2D eigenvalue weighted by atomic mass is 9.91. The second-order valence-electron chi connectivity index (χ2n) is 5.03. The molecule has 1 aliphatic heterocycles. The van der Waals surface area contributed by atoms with Crippen LogP contribution >= 0.6 is 0 Å². The minimum absolute atomic E-state index is 0.0226. The Morgan fingerprint density at radius 3 is 2.56 bits per heavy atom. The molecular formula is C13H20N4O. The van der Waals surface area contributed by atoms with E-state index in [0.29, 0.717) is 11.6 Å². The third kappa shape index (κ3) is 2.85. The summed E-state index contributed by atoms with van der Waals surface area (Å²) in [7, 11) is 0. The average Bonchev–Trinajstić information content (AvgIpc) is 2.39. The van der Waals surface area contributed by atoms with E-state index in [9.17, 15) is 4.79 Å². The molecule has 0 aliphatic carbocycles. The van der Waals surface area contributed by atoms with Gasteiger partial charge in [0.15, 0.2) is 0 Å². The van der Waals surface area contributed by atoms with Crippen molar-refractivity contribution < 1.29 is 4.79 Å². The fourth-order valence-corrected chi connectivity index (χ4v) is 2.29. The third-order valence-electron chi connectivity index (χ3n) is 3.57. The van der Waals surface area contributed by atoms with Gasteiger partial charge in [-0.25, -0.2) is 4.98 Å². The Labute approximate surface area is 107 Å². The fourth-order valence-electron chi connectivity index (χ4n) is 2.29. The minimum atomic E-state index is -0.0226. The number of aromatic nitrogens is 2. The first-order valence-corrected chi connectivity index (χ1v) is 6.41. The van der Waals surface area contributed by atoms with E-state index in [2.05, 4.69) is 9.97 Å². The Hall–Kier alpha value is -1.49. The number of aryl methyl sites for hydroxylation is 1. The van der Waals surface area contributed by atoms with Gasteiger partial charge in [0.2, 0.25) is 0 Å². The highest BCUT2D eigenvalue weighted by atomic mass is 16.2. The van der Waals surface area contributed by atoms with Crippen LogP contribution in [0.5, 0.6) is 0 Å². The Kier molecular flexibility index (Phi) is 3.91. The van der Waals surface area contributed by atoms with Gasteiger partial charge in [0, 0.05) is 25.3 Å². The Balaban J connectivity index is 1.97. The van der Waals surface area contributed by atoms with Crippen molar-refractivity contribution in [2.75, 3.05) is 13.1 Å². The van der Waals surface area contributed by atoms with Gasteiger partial charge in [-0.2, -0.15) is 0 Å². The summed E-state index contributed by atoms with van der Waals surface area (Å²) in [4.78, 5) is 22.3. The first-order chi connectivity index (χ1) is 8.58. The minimum Gasteiger partial charge on any atom is -0.337 e. The average molecular weight is 248 g/mol. The normalized spacial score (nSPS) is 18.7. The zero-order valence-electron chi connectivity index (χ0n) is 11.0. The van der Waals surface area contributed by atoms with Gasteiger partial charge in [-0.1, -0.05) is 0 Å². The van der Waals surface area contributed by atoms with Crippen molar-refractivity contribution >= 4 is 5.91 Å². The van der Waals surface area contributed by atoms with Gasteiger partial charge in [0.05, 0.1) is 11.9 Å². The van der Waals surface area contributed by atoms with Crippen LogP contribution < -0.4 is 5.73 Å². The number of piperidine rings is 1. The van der Waals surface area contributed by atoms with Crippen LogP contribution in [0.4, 0.5) is 0 Å². The van der Waals surface area contributed by atoms with E-state index in [1.807, 2.05) is 18.7 Å². The number of hydrogen-bond donors (Lipinski definition) is 1. The number of rotatable bonds is 2. The van der Waals surface area contributed by atoms with Gasteiger partial charge in [0.25, 0.3) is 5.91 Å². The van der Waals surface area contributed by atoms with Crippen molar-refractivity contribution in [3.8, 4) is 0 Å². The maximum atomic E-state index is 12.2. The quantitative estimate of drug-likeness (QED) is 0.847. The summed E-state index contributed by atoms with van der Waals surface area (Å²) in [5, 5.41) is 0. The van der Waals surface area contributed by atoms with Crippen LogP contribution in [0.1, 0.15) is 35.9 Å². The molecule has 1 aliphatic rings. The summed E-state index contributed by atoms with van der Waals surface area (Å²) in [6, 6.07) is 0.210. The molecule has 0 aromatic carbocycles. The van der Waals surface area contributed by atoms with Gasteiger partial charge in [-0.15, -0.1) is 0 Å². The van der Waals surface area contributed by atoms with E-state index in [0.717, 1.165) is 31.6 Å². The molecule has 0 saturated carbocycles. The van der Waals surface area contributed by atoms with E-state index in [1.165, 1.54) is 0 Å². The zero-order chi connectivity index (χ0) is 13.1. The number of carbonyl (C=O) groups excluding carboxylic acids is 1. The van der Waals surface area contributed by atoms with Crippen LogP contribution in [0, 0.1) is 12.8 Å². The molecule has 1 aromatic heterocycles. The highest BCUT2D eigenvalue weighted by Crippen LogP contribution is 2.20. The molecular weight excluding hydrogens is 228 g/mol. The number of hydrogen-bond acceptors (Lipinski definition) is 4. The monoisotopic (exact) mass is 248 g/mol. The van der Waals surface area contributed by atoms with Crippen LogP contribution in [0.2, 0.25) is 0 Å². The molecule has 1 saturated heterocycles. The molecule has 0 spiro atoms. The molecule has 1 aromatic rings. The number of nitrogens with zero attached hydrogens (tertiary/aromatic N) is 3. The maximum absolute atomic E-state index is 12.2. The Bertz CT molecular complexity index is 408. The van der Waals surface area contributed by atoms with E-state index >= 15 is 0 Å². The maximum Gasteiger partial charge on any atom is 0.274 e. The molecule has 5 nitrogen and oxygen atoms in total. The van der Waals surface area contributed by atoms with Crippen LogP contribution in [0.15, 0.2) is 12.4 Å². The van der Waals surface area contributed by atoms with Gasteiger partial charge in [0.1, 0.15) is 5.69 Å². The van der Waals surface area contributed by atoms with E-state index in [1.54, 1.807) is 12.4 Å². The molecule has 2 rings (SSSR count). The molecule has 0 radical (unpaired) electrons. The van der Waals surface area contributed by atoms with Gasteiger partial charge < -0.3 is 10.6 Å². The third-order valence-corrected chi connectivity index (χ3v) is 3.57. The lowest BCUT2D eigenvalue weighted by molar-refractivity contribution is 0.0674. The largest absolute Gasteiger partial charge is 0.337 e. The molecule has 0 bridgehead atoms. The molecule has 98 valence electrons. The topological polar surface area (TPSA) is 72.1 Å². The predicted molar refractivity (Wildman–Crippen MR) is 69.0 cm³/mol. The van der Waals surface area contributed by atoms with Crippen molar-refractivity contribution in [3.05, 3.63) is 23.8 Å². The summed E-state index contributed by atoms with van der Waals surface area (Å²) in [5.41, 5.74) is 7.14. The second kappa shape index (κ2) is 5.44. The summed E-state index contributed by atoms with van der Waals surface area (Å²) in [6.45, 7) is 5.42. The first-order valence-electron chi connectivity index (χ1n) is 6.41. The van der Waals surface area contributed by atoms with Crippen LogP contribution in [0.3, 0.4) is 0 Å². The van der Waals surface area contributed by atoms with Crippen molar-refractivity contribution in [2.45, 2.75) is 32.7 Å². The lowest BCUT2D eigenvalue weighted by Gasteiger charge is -2.33. The molecule has 1 amide bonds. The van der Waals surface area contributed by atoms with Gasteiger partial charge in [-0.3, -0.25) is 9.78 Å². The molecule has 18 heavy (non-hydrogen) atoms. The van der Waals surface area contributed by atoms with Crippen molar-refractivity contribution in [2.24, 2.45) is 11.7 Å². The Morgan fingerprint density at radius 1 is 1.39 bits per heavy atom. The van der Waals surface area contributed by atoms with Crippen molar-refractivity contribution in [1.82, 2.24) is 14.9 Å². The van der Waals surface area contributed by atoms with E-state index in [4.69, 9.17) is 5.73 Å². The van der Waals surface area contributed by atoms with Gasteiger partial charge >= 0.3 is 0 Å². The van der Waals surface area contributed by atoms with Crippen molar-refractivity contribution in [3.63, 3.8) is 0 Å².